The lowest BCUT2D eigenvalue weighted by atomic mass is 10.0. The van der Waals surface area contributed by atoms with Crippen molar-refractivity contribution in [1.82, 2.24) is 0 Å². The summed E-state index contributed by atoms with van der Waals surface area (Å²) in [5.41, 5.74) is 1.99. The first-order valence-corrected chi connectivity index (χ1v) is 9.92. The predicted molar refractivity (Wildman–Crippen MR) is 104 cm³/mol. The van der Waals surface area contributed by atoms with E-state index in [9.17, 15) is 9.18 Å². The molecule has 2 aliphatic rings. The van der Waals surface area contributed by atoms with Crippen LogP contribution in [0.4, 0.5) is 10.1 Å². The van der Waals surface area contributed by atoms with Crippen molar-refractivity contribution >= 4 is 23.4 Å². The lowest BCUT2D eigenvalue weighted by Gasteiger charge is -2.24. The molecule has 0 radical (unpaired) electrons. The van der Waals surface area contributed by atoms with Crippen LogP contribution < -0.4 is 10.1 Å². The van der Waals surface area contributed by atoms with Gasteiger partial charge in [-0.3, -0.25) is 4.79 Å². The number of nitrogens with one attached hydrogen (secondary N) is 1. The van der Waals surface area contributed by atoms with Gasteiger partial charge in [-0.05, 0) is 48.6 Å². The van der Waals surface area contributed by atoms with Crippen LogP contribution in [0.2, 0.25) is 0 Å². The summed E-state index contributed by atoms with van der Waals surface area (Å²) in [6.45, 7) is 4.70. The van der Waals surface area contributed by atoms with Crippen molar-refractivity contribution in [3.05, 3.63) is 42.2 Å². The average molecular weight is 391 g/mol. The third kappa shape index (κ3) is 5.00. The van der Waals surface area contributed by atoms with Crippen molar-refractivity contribution in [2.24, 2.45) is 0 Å². The summed E-state index contributed by atoms with van der Waals surface area (Å²) in [4.78, 5) is 12.8. The van der Waals surface area contributed by atoms with Gasteiger partial charge >= 0.3 is 0 Å². The quantitative estimate of drug-likeness (QED) is 0.785. The molecule has 1 saturated heterocycles. The Balaban J connectivity index is 0.000000299. The van der Waals surface area contributed by atoms with E-state index >= 15 is 0 Å². The Bertz CT molecular complexity index is 799. The average Bonchev–Trinajstić information content (AvgIpc) is 2.71. The maximum absolute atomic E-state index is 14.2. The monoisotopic (exact) mass is 391 g/mol. The van der Waals surface area contributed by atoms with Crippen LogP contribution in [-0.2, 0) is 14.3 Å². The Morgan fingerprint density at radius 1 is 1.07 bits per heavy atom. The molecule has 1 amide bonds. The Labute approximate surface area is 162 Å². The molecule has 4 rings (SSSR count). The number of benzene rings is 2. The Hall–Kier alpha value is -2.09. The molecule has 2 aromatic carbocycles. The smallest absolute Gasteiger partial charge is 0.265 e. The first kappa shape index (κ1) is 19.7. The van der Waals surface area contributed by atoms with E-state index in [2.05, 4.69) is 5.32 Å². The molecule has 2 heterocycles. The first-order valence-electron chi connectivity index (χ1n) is 8.69. The van der Waals surface area contributed by atoms with Crippen LogP contribution in [-0.4, -0.2) is 44.7 Å². The zero-order valence-electron chi connectivity index (χ0n) is 15.3. The number of carbonyl (C=O) groups is 1. The third-order valence-electron chi connectivity index (χ3n) is 4.11. The van der Waals surface area contributed by atoms with Crippen LogP contribution in [0, 0.1) is 5.82 Å². The van der Waals surface area contributed by atoms with E-state index in [4.69, 9.17) is 14.2 Å². The summed E-state index contributed by atoms with van der Waals surface area (Å²) in [6.07, 6.45) is 1.31. The number of hydrogen-bond acceptors (Lipinski definition) is 5. The molecule has 0 unspecified atom stereocenters. The highest BCUT2D eigenvalue weighted by atomic mass is 32.2. The van der Waals surface area contributed by atoms with E-state index in [0.29, 0.717) is 11.3 Å². The van der Waals surface area contributed by atoms with Gasteiger partial charge in [0.1, 0.15) is 0 Å². The molecule has 0 spiro atoms. The number of ether oxygens (including phenoxy) is 3. The first-order chi connectivity index (χ1) is 13.1. The molecule has 1 fully saturated rings. The van der Waals surface area contributed by atoms with Crippen molar-refractivity contribution in [3.8, 4) is 16.9 Å². The van der Waals surface area contributed by atoms with Gasteiger partial charge in [0.05, 0.1) is 32.1 Å². The van der Waals surface area contributed by atoms with Crippen molar-refractivity contribution < 1.29 is 23.4 Å². The number of hydrogen-bond donors (Lipinski definition) is 1. The molecule has 0 aromatic heterocycles. The Morgan fingerprint density at radius 3 is 2.41 bits per heavy atom. The highest BCUT2D eigenvalue weighted by Gasteiger charge is 2.26. The van der Waals surface area contributed by atoms with Gasteiger partial charge in [0.25, 0.3) is 5.91 Å². The van der Waals surface area contributed by atoms with Crippen molar-refractivity contribution in [2.45, 2.75) is 17.9 Å². The van der Waals surface area contributed by atoms with Crippen molar-refractivity contribution in [3.63, 3.8) is 0 Å². The lowest BCUT2D eigenvalue weighted by molar-refractivity contribution is -0.122. The van der Waals surface area contributed by atoms with Crippen molar-refractivity contribution in [1.29, 1.82) is 0 Å². The molecule has 2 aromatic rings. The topological polar surface area (TPSA) is 56.8 Å². The highest BCUT2D eigenvalue weighted by molar-refractivity contribution is 7.98. The molecule has 5 nitrogen and oxygen atoms in total. The summed E-state index contributed by atoms with van der Waals surface area (Å²) < 4.78 is 29.4. The lowest BCUT2D eigenvalue weighted by Crippen LogP contribution is -2.34. The van der Waals surface area contributed by atoms with Gasteiger partial charge in [-0.1, -0.05) is 12.1 Å². The summed E-state index contributed by atoms with van der Waals surface area (Å²) >= 11 is 1.62. The maximum atomic E-state index is 14.2. The van der Waals surface area contributed by atoms with Crippen LogP contribution in [0.15, 0.2) is 41.3 Å². The summed E-state index contributed by atoms with van der Waals surface area (Å²) in [5, 5.41) is 2.68. The molecule has 2 aliphatic heterocycles. The van der Waals surface area contributed by atoms with E-state index < -0.39 is 11.9 Å². The van der Waals surface area contributed by atoms with Gasteiger partial charge in [0, 0.05) is 4.90 Å². The number of halogens is 1. The fraction of sp³-hybridized carbons (Fsp3) is 0.350. The van der Waals surface area contributed by atoms with Crippen LogP contribution in [0.3, 0.4) is 0 Å². The number of carbonyl (C=O) groups excluding carboxylic acids is 1. The normalized spacial score (nSPS) is 18.5. The van der Waals surface area contributed by atoms with Crippen LogP contribution in [0.1, 0.15) is 6.92 Å². The second kappa shape index (κ2) is 9.21. The minimum atomic E-state index is -0.683. The largest absolute Gasteiger partial charge is 0.476 e. The molecular formula is C20H22FNO4S. The predicted octanol–water partition coefficient (Wildman–Crippen LogP) is 3.97. The Kier molecular flexibility index (Phi) is 6.71. The zero-order valence-corrected chi connectivity index (χ0v) is 16.1. The van der Waals surface area contributed by atoms with Crippen molar-refractivity contribution in [2.75, 3.05) is 38.0 Å². The molecule has 1 atom stereocenters. The van der Waals surface area contributed by atoms with E-state index in [0.717, 1.165) is 36.9 Å². The molecule has 144 valence electrons. The van der Waals surface area contributed by atoms with E-state index in [1.54, 1.807) is 24.8 Å². The maximum Gasteiger partial charge on any atom is 0.265 e. The van der Waals surface area contributed by atoms with Crippen LogP contribution in [0.5, 0.6) is 5.75 Å². The molecule has 1 N–H and O–H groups in total. The molecule has 0 aliphatic carbocycles. The number of rotatable bonds is 2. The zero-order chi connectivity index (χ0) is 19.2. The minimum absolute atomic E-state index is 0.104. The second-order valence-corrected chi connectivity index (χ2v) is 6.92. The summed E-state index contributed by atoms with van der Waals surface area (Å²) in [7, 11) is 0. The van der Waals surface area contributed by atoms with E-state index in [1.165, 1.54) is 6.07 Å². The van der Waals surface area contributed by atoms with Gasteiger partial charge in [0.15, 0.2) is 17.7 Å². The highest BCUT2D eigenvalue weighted by Crippen LogP contribution is 2.37. The van der Waals surface area contributed by atoms with E-state index in [1.807, 2.05) is 30.5 Å². The molecule has 27 heavy (non-hydrogen) atoms. The Morgan fingerprint density at radius 2 is 1.78 bits per heavy atom. The van der Waals surface area contributed by atoms with Gasteiger partial charge < -0.3 is 19.5 Å². The minimum Gasteiger partial charge on any atom is -0.476 e. The molecule has 7 heteroatoms. The van der Waals surface area contributed by atoms with Gasteiger partial charge in [-0.25, -0.2) is 4.39 Å². The molecule has 0 bridgehead atoms. The van der Waals surface area contributed by atoms with Crippen LogP contribution >= 0.6 is 11.8 Å². The number of anilines is 1. The number of fused-ring (bicyclic) bond motifs is 1. The van der Waals surface area contributed by atoms with E-state index in [-0.39, 0.29) is 11.7 Å². The summed E-state index contributed by atoms with van der Waals surface area (Å²) in [5.74, 6) is -0.632. The fourth-order valence-corrected chi connectivity index (χ4v) is 3.14. The standard InChI is InChI=1S/C16H14FNO2S.C4H8O2/c1-9-16(19)18-14-8-11(7-13(17)15(14)20-9)10-4-3-5-12(6-10)21-2;1-2-6-4-3-5-1/h3-9H,1-2H3,(H,18,19);1-4H2/t9-;/m1./s1. The van der Waals surface area contributed by atoms with Gasteiger partial charge in [0.2, 0.25) is 0 Å². The van der Waals surface area contributed by atoms with Gasteiger partial charge in [-0.15, -0.1) is 11.8 Å². The van der Waals surface area contributed by atoms with Crippen LogP contribution in [0.25, 0.3) is 11.1 Å². The third-order valence-corrected chi connectivity index (χ3v) is 4.84. The molecule has 0 saturated carbocycles. The molecular weight excluding hydrogens is 369 g/mol. The fourth-order valence-electron chi connectivity index (χ4n) is 2.68. The SMILES string of the molecule is C1COCCO1.CSc1cccc(-c2cc(F)c3c(c2)NC(=O)[C@@H](C)O3)c1. The van der Waals surface area contributed by atoms with Gasteiger partial charge in [-0.2, -0.15) is 0 Å². The number of thioether (sulfide) groups is 1. The second-order valence-electron chi connectivity index (χ2n) is 6.04. The summed E-state index contributed by atoms with van der Waals surface area (Å²) in [6, 6.07) is 11.0. The number of amides is 1.